The standard InChI is InChI=1S/C26H38N4O/c31-17-16-30-14-12-29(13-15-30)11-10-27-18-20-4-6-21(7-5-20)23-2-1-3-25-26(23)24(19-28-25)22-8-9-22/h1-3,18-19,21-22,27-28,31H,4-17H2. The smallest absolute Gasteiger partial charge is 0.0558 e. The summed E-state index contributed by atoms with van der Waals surface area (Å²) in [7, 11) is 0. The van der Waals surface area contributed by atoms with Crippen molar-refractivity contribution in [3.8, 4) is 0 Å². The highest BCUT2D eigenvalue weighted by Crippen LogP contribution is 2.46. The molecule has 5 heteroatoms. The van der Waals surface area contributed by atoms with Crippen molar-refractivity contribution in [3.05, 3.63) is 47.3 Å². The van der Waals surface area contributed by atoms with Crippen LogP contribution < -0.4 is 5.32 Å². The van der Waals surface area contributed by atoms with E-state index in [1.807, 2.05) is 0 Å². The average Bonchev–Trinajstić information content (AvgIpc) is 3.56. The van der Waals surface area contributed by atoms with Crippen molar-refractivity contribution >= 4 is 10.9 Å². The molecule has 1 aromatic carbocycles. The van der Waals surface area contributed by atoms with Gasteiger partial charge in [-0.2, -0.15) is 0 Å². The van der Waals surface area contributed by atoms with Crippen LogP contribution in [-0.2, 0) is 0 Å². The summed E-state index contributed by atoms with van der Waals surface area (Å²) in [6.07, 6.45) is 12.3. The Morgan fingerprint density at radius 2 is 1.65 bits per heavy atom. The molecular formula is C26H38N4O. The van der Waals surface area contributed by atoms with Gasteiger partial charge in [-0.15, -0.1) is 0 Å². The number of nitrogens with zero attached hydrogens (tertiary/aromatic N) is 2. The fraction of sp³-hybridized carbons (Fsp3) is 0.615. The molecule has 0 bridgehead atoms. The number of aliphatic hydroxyl groups excluding tert-OH is 1. The fourth-order valence-electron chi connectivity index (χ4n) is 5.56. The highest BCUT2D eigenvalue weighted by molar-refractivity contribution is 5.88. The molecule has 3 aliphatic rings. The first kappa shape index (κ1) is 21.0. The molecule has 2 aromatic rings. The topological polar surface area (TPSA) is 54.5 Å². The highest BCUT2D eigenvalue weighted by Gasteiger charge is 2.29. The van der Waals surface area contributed by atoms with Crippen LogP contribution >= 0.6 is 0 Å². The lowest BCUT2D eigenvalue weighted by Crippen LogP contribution is -2.48. The van der Waals surface area contributed by atoms with Gasteiger partial charge in [0.1, 0.15) is 0 Å². The summed E-state index contributed by atoms with van der Waals surface area (Å²) >= 11 is 0. The third-order valence-electron chi connectivity index (χ3n) is 7.61. The van der Waals surface area contributed by atoms with E-state index in [1.165, 1.54) is 44.0 Å². The number of hydrogen-bond donors (Lipinski definition) is 3. The maximum atomic E-state index is 9.06. The van der Waals surface area contributed by atoms with E-state index in [-0.39, 0.29) is 6.61 Å². The van der Waals surface area contributed by atoms with Gasteiger partial charge in [-0.3, -0.25) is 9.80 Å². The Morgan fingerprint density at radius 3 is 2.35 bits per heavy atom. The summed E-state index contributed by atoms with van der Waals surface area (Å²) in [4.78, 5) is 8.41. The lowest BCUT2D eigenvalue weighted by atomic mass is 9.80. The molecule has 2 saturated carbocycles. The molecule has 1 saturated heterocycles. The van der Waals surface area contributed by atoms with Gasteiger partial charge < -0.3 is 15.4 Å². The van der Waals surface area contributed by atoms with Crippen LogP contribution in [0.15, 0.2) is 36.2 Å². The van der Waals surface area contributed by atoms with Gasteiger partial charge in [0, 0.05) is 62.9 Å². The largest absolute Gasteiger partial charge is 0.395 e. The fourth-order valence-corrected chi connectivity index (χ4v) is 5.56. The Hall–Kier alpha value is -1.82. The molecule has 168 valence electrons. The van der Waals surface area contributed by atoms with E-state index in [1.54, 1.807) is 22.1 Å². The first-order valence-corrected chi connectivity index (χ1v) is 12.4. The van der Waals surface area contributed by atoms with Gasteiger partial charge in [0.2, 0.25) is 0 Å². The number of fused-ring (bicyclic) bond motifs is 1. The third-order valence-corrected chi connectivity index (χ3v) is 7.61. The molecule has 1 aliphatic heterocycles. The molecule has 0 unspecified atom stereocenters. The molecule has 3 N–H and O–H groups in total. The van der Waals surface area contributed by atoms with Crippen LogP contribution in [0.1, 0.15) is 61.5 Å². The molecule has 5 rings (SSSR count). The highest BCUT2D eigenvalue weighted by atomic mass is 16.3. The molecule has 3 fully saturated rings. The number of hydrogen-bond acceptors (Lipinski definition) is 4. The second kappa shape index (κ2) is 9.76. The van der Waals surface area contributed by atoms with E-state index in [4.69, 9.17) is 5.11 Å². The maximum absolute atomic E-state index is 9.06. The lowest BCUT2D eigenvalue weighted by molar-refractivity contribution is 0.114. The summed E-state index contributed by atoms with van der Waals surface area (Å²) in [6.45, 7) is 7.64. The first-order chi connectivity index (χ1) is 15.3. The van der Waals surface area contributed by atoms with E-state index in [0.717, 1.165) is 51.7 Å². The number of benzene rings is 1. The van der Waals surface area contributed by atoms with Crippen LogP contribution in [0, 0.1) is 0 Å². The molecule has 0 amide bonds. The van der Waals surface area contributed by atoms with Crippen molar-refractivity contribution in [2.24, 2.45) is 0 Å². The summed E-state index contributed by atoms with van der Waals surface area (Å²) in [6, 6.07) is 6.87. The number of aromatic amines is 1. The maximum Gasteiger partial charge on any atom is 0.0558 e. The molecule has 2 heterocycles. The van der Waals surface area contributed by atoms with E-state index in [2.05, 4.69) is 50.7 Å². The number of nitrogens with one attached hydrogen (secondary N) is 2. The minimum atomic E-state index is 0.276. The quantitative estimate of drug-likeness (QED) is 0.567. The lowest BCUT2D eigenvalue weighted by Gasteiger charge is -2.34. The minimum Gasteiger partial charge on any atom is -0.395 e. The predicted molar refractivity (Wildman–Crippen MR) is 128 cm³/mol. The number of aromatic nitrogens is 1. The normalized spacial score (nSPS) is 23.4. The Bertz CT molecular complexity index is 882. The van der Waals surface area contributed by atoms with E-state index < -0.39 is 0 Å². The van der Waals surface area contributed by atoms with Crippen LogP contribution in [0.25, 0.3) is 10.9 Å². The van der Waals surface area contributed by atoms with Gasteiger partial charge in [0.05, 0.1) is 6.61 Å². The van der Waals surface area contributed by atoms with Crippen molar-refractivity contribution in [2.45, 2.75) is 50.4 Å². The number of piperazine rings is 1. The number of rotatable bonds is 8. The zero-order chi connectivity index (χ0) is 21.0. The van der Waals surface area contributed by atoms with Crippen LogP contribution in [0.2, 0.25) is 0 Å². The molecular weight excluding hydrogens is 384 g/mol. The van der Waals surface area contributed by atoms with Crippen molar-refractivity contribution in [3.63, 3.8) is 0 Å². The zero-order valence-electron chi connectivity index (χ0n) is 18.8. The number of allylic oxidation sites excluding steroid dienone is 1. The van der Waals surface area contributed by atoms with Gasteiger partial charge in [-0.25, -0.2) is 0 Å². The summed E-state index contributed by atoms with van der Waals surface area (Å²) in [5.74, 6) is 1.50. The number of aliphatic hydroxyl groups is 1. The summed E-state index contributed by atoms with van der Waals surface area (Å²) in [5.41, 5.74) is 6.09. The van der Waals surface area contributed by atoms with Gasteiger partial charge in [0.15, 0.2) is 0 Å². The second-order valence-corrected chi connectivity index (χ2v) is 9.73. The molecule has 31 heavy (non-hydrogen) atoms. The molecule has 0 spiro atoms. The zero-order valence-corrected chi connectivity index (χ0v) is 18.8. The molecule has 0 radical (unpaired) electrons. The molecule has 0 atom stereocenters. The minimum absolute atomic E-state index is 0.276. The third kappa shape index (κ3) is 5.00. The first-order valence-electron chi connectivity index (χ1n) is 12.4. The summed E-state index contributed by atoms with van der Waals surface area (Å²) in [5, 5.41) is 14.2. The second-order valence-electron chi connectivity index (χ2n) is 9.73. The Kier molecular flexibility index (Phi) is 6.63. The monoisotopic (exact) mass is 422 g/mol. The average molecular weight is 423 g/mol. The summed E-state index contributed by atoms with van der Waals surface area (Å²) < 4.78 is 0. The SMILES string of the molecule is OCCN1CCN(CCNC=C2CCC(c3cccc4[nH]cc(C5CC5)c34)CC2)CC1. The molecule has 1 aromatic heterocycles. The van der Waals surface area contributed by atoms with Gasteiger partial charge in [-0.1, -0.05) is 17.7 Å². The Labute approximate surface area is 186 Å². The number of H-pyrrole nitrogens is 1. The van der Waals surface area contributed by atoms with Crippen LogP contribution in [0.5, 0.6) is 0 Å². The van der Waals surface area contributed by atoms with E-state index in [0.29, 0.717) is 5.92 Å². The number of β-amino-alcohol motifs (C(OH)–C–C–N with tert-alkyl or cyclic N) is 1. The van der Waals surface area contributed by atoms with Crippen molar-refractivity contribution < 1.29 is 5.11 Å². The molecule has 2 aliphatic carbocycles. The molecule has 5 nitrogen and oxygen atoms in total. The van der Waals surface area contributed by atoms with Gasteiger partial charge in [0.25, 0.3) is 0 Å². The van der Waals surface area contributed by atoms with Crippen molar-refractivity contribution in [1.82, 2.24) is 20.1 Å². The van der Waals surface area contributed by atoms with Gasteiger partial charge >= 0.3 is 0 Å². The van der Waals surface area contributed by atoms with E-state index >= 15 is 0 Å². The van der Waals surface area contributed by atoms with Crippen molar-refractivity contribution in [1.29, 1.82) is 0 Å². The van der Waals surface area contributed by atoms with E-state index in [9.17, 15) is 0 Å². The van der Waals surface area contributed by atoms with Crippen LogP contribution in [0.3, 0.4) is 0 Å². The Balaban J connectivity index is 1.09. The van der Waals surface area contributed by atoms with Gasteiger partial charge in [-0.05, 0) is 73.8 Å². The predicted octanol–water partition coefficient (Wildman–Crippen LogP) is 3.79. The van der Waals surface area contributed by atoms with Crippen LogP contribution in [0.4, 0.5) is 0 Å². The van der Waals surface area contributed by atoms with Crippen LogP contribution in [-0.4, -0.2) is 72.3 Å². The van der Waals surface area contributed by atoms with Crippen molar-refractivity contribution in [2.75, 3.05) is 52.4 Å². The Morgan fingerprint density at radius 1 is 0.935 bits per heavy atom.